The number of aryl methyl sites for hydroxylation is 1. The Morgan fingerprint density at radius 2 is 2.44 bits per heavy atom. The van der Waals surface area contributed by atoms with Crippen LogP contribution in [0.5, 0.6) is 0 Å². The van der Waals surface area contributed by atoms with Gasteiger partial charge in [-0.25, -0.2) is 0 Å². The predicted octanol–water partition coefficient (Wildman–Crippen LogP) is 0.435. The first-order valence-corrected chi connectivity index (χ1v) is 5.66. The average Bonchev–Trinajstić information content (AvgIpc) is 2.64. The maximum atomic E-state index is 11.5. The van der Waals surface area contributed by atoms with Crippen molar-refractivity contribution in [3.63, 3.8) is 0 Å². The van der Waals surface area contributed by atoms with Crippen molar-refractivity contribution in [2.45, 2.75) is 39.3 Å². The van der Waals surface area contributed by atoms with Gasteiger partial charge in [-0.2, -0.15) is 5.10 Å². The van der Waals surface area contributed by atoms with Crippen LogP contribution in [0.15, 0.2) is 12.4 Å². The van der Waals surface area contributed by atoms with Crippen molar-refractivity contribution >= 4 is 5.91 Å². The van der Waals surface area contributed by atoms with Gasteiger partial charge in [-0.05, 0) is 18.9 Å². The lowest BCUT2D eigenvalue weighted by Crippen LogP contribution is -2.41. The van der Waals surface area contributed by atoms with Crippen LogP contribution >= 0.6 is 0 Å². The Kier molecular flexibility index (Phi) is 4.98. The van der Waals surface area contributed by atoms with Crippen molar-refractivity contribution in [2.24, 2.45) is 5.73 Å². The van der Waals surface area contributed by atoms with Gasteiger partial charge in [-0.3, -0.25) is 9.48 Å². The van der Waals surface area contributed by atoms with Crippen LogP contribution in [0.2, 0.25) is 0 Å². The summed E-state index contributed by atoms with van der Waals surface area (Å²) >= 11 is 0. The zero-order valence-electron chi connectivity index (χ0n) is 9.94. The van der Waals surface area contributed by atoms with Crippen LogP contribution in [-0.2, 0) is 11.3 Å². The maximum absolute atomic E-state index is 11.5. The van der Waals surface area contributed by atoms with Crippen LogP contribution in [0.1, 0.15) is 25.3 Å². The van der Waals surface area contributed by atoms with E-state index in [1.165, 1.54) is 0 Å². The van der Waals surface area contributed by atoms with Crippen molar-refractivity contribution in [3.8, 4) is 0 Å². The SMILES string of the molecule is CCCC(N)C(=O)NCCn1cc(C)cn1. The molecule has 5 nitrogen and oxygen atoms in total. The van der Waals surface area contributed by atoms with E-state index in [0.717, 1.165) is 18.4 Å². The molecule has 1 atom stereocenters. The molecule has 0 fully saturated rings. The third-order valence-corrected chi connectivity index (χ3v) is 2.34. The zero-order valence-corrected chi connectivity index (χ0v) is 9.94. The summed E-state index contributed by atoms with van der Waals surface area (Å²) in [4.78, 5) is 11.5. The highest BCUT2D eigenvalue weighted by Gasteiger charge is 2.10. The van der Waals surface area contributed by atoms with Gasteiger partial charge in [0.25, 0.3) is 0 Å². The first-order valence-electron chi connectivity index (χ1n) is 5.66. The number of rotatable bonds is 6. The Morgan fingerprint density at radius 3 is 3.00 bits per heavy atom. The van der Waals surface area contributed by atoms with E-state index in [4.69, 9.17) is 5.73 Å². The molecule has 0 saturated carbocycles. The number of nitrogens with zero attached hydrogens (tertiary/aromatic N) is 2. The number of nitrogens with one attached hydrogen (secondary N) is 1. The second-order valence-corrected chi connectivity index (χ2v) is 3.97. The van der Waals surface area contributed by atoms with Crippen LogP contribution in [0.4, 0.5) is 0 Å². The quantitative estimate of drug-likeness (QED) is 0.736. The maximum Gasteiger partial charge on any atom is 0.236 e. The van der Waals surface area contributed by atoms with E-state index in [9.17, 15) is 4.79 Å². The largest absolute Gasteiger partial charge is 0.353 e. The van der Waals surface area contributed by atoms with Crippen LogP contribution in [0, 0.1) is 6.92 Å². The molecule has 5 heteroatoms. The molecule has 16 heavy (non-hydrogen) atoms. The molecule has 0 saturated heterocycles. The van der Waals surface area contributed by atoms with E-state index < -0.39 is 0 Å². The van der Waals surface area contributed by atoms with Gasteiger partial charge >= 0.3 is 0 Å². The molecule has 0 radical (unpaired) electrons. The van der Waals surface area contributed by atoms with Gasteiger partial charge < -0.3 is 11.1 Å². The van der Waals surface area contributed by atoms with Crippen LogP contribution in [0.3, 0.4) is 0 Å². The molecule has 0 aliphatic rings. The molecular weight excluding hydrogens is 204 g/mol. The number of aromatic nitrogens is 2. The highest BCUT2D eigenvalue weighted by molar-refractivity contribution is 5.81. The molecule has 3 N–H and O–H groups in total. The fraction of sp³-hybridized carbons (Fsp3) is 0.636. The van der Waals surface area contributed by atoms with Crippen molar-refractivity contribution in [3.05, 3.63) is 18.0 Å². The minimum Gasteiger partial charge on any atom is -0.353 e. The zero-order chi connectivity index (χ0) is 12.0. The number of carbonyl (C=O) groups excluding carboxylic acids is 1. The Morgan fingerprint density at radius 1 is 1.69 bits per heavy atom. The minimum atomic E-state index is -0.385. The number of hydrogen-bond donors (Lipinski definition) is 2. The molecule has 1 aromatic heterocycles. The molecule has 0 aliphatic carbocycles. The minimum absolute atomic E-state index is 0.0780. The number of amides is 1. The molecular formula is C11H20N4O. The van der Waals surface area contributed by atoms with Crippen molar-refractivity contribution < 1.29 is 4.79 Å². The van der Waals surface area contributed by atoms with Gasteiger partial charge in [0.2, 0.25) is 5.91 Å². The van der Waals surface area contributed by atoms with Gasteiger partial charge in [0.15, 0.2) is 0 Å². The molecule has 1 heterocycles. The van der Waals surface area contributed by atoms with Crippen molar-refractivity contribution in [1.82, 2.24) is 15.1 Å². The molecule has 0 spiro atoms. The monoisotopic (exact) mass is 224 g/mol. The van der Waals surface area contributed by atoms with E-state index in [1.54, 1.807) is 10.9 Å². The lowest BCUT2D eigenvalue weighted by Gasteiger charge is -2.10. The van der Waals surface area contributed by atoms with Crippen LogP contribution in [0.25, 0.3) is 0 Å². The first kappa shape index (κ1) is 12.7. The predicted molar refractivity (Wildman–Crippen MR) is 62.9 cm³/mol. The van der Waals surface area contributed by atoms with Gasteiger partial charge in [0.05, 0.1) is 18.8 Å². The number of carbonyl (C=O) groups is 1. The van der Waals surface area contributed by atoms with Gasteiger partial charge in [-0.1, -0.05) is 13.3 Å². The summed E-state index contributed by atoms with van der Waals surface area (Å²) in [5.74, 6) is -0.0780. The van der Waals surface area contributed by atoms with Gasteiger partial charge in [-0.15, -0.1) is 0 Å². The summed E-state index contributed by atoms with van der Waals surface area (Å²) in [6.07, 6.45) is 5.39. The molecule has 90 valence electrons. The Balaban J connectivity index is 2.22. The normalized spacial score (nSPS) is 12.4. The van der Waals surface area contributed by atoms with E-state index in [2.05, 4.69) is 10.4 Å². The summed E-state index contributed by atoms with van der Waals surface area (Å²) in [5.41, 5.74) is 6.80. The van der Waals surface area contributed by atoms with Crippen LogP contribution in [-0.4, -0.2) is 28.3 Å². The number of nitrogens with two attached hydrogens (primary N) is 1. The fourth-order valence-electron chi connectivity index (χ4n) is 1.46. The summed E-state index contributed by atoms with van der Waals surface area (Å²) in [7, 11) is 0. The summed E-state index contributed by atoms with van der Waals surface area (Å²) in [6, 6.07) is -0.385. The topological polar surface area (TPSA) is 72.9 Å². The van der Waals surface area contributed by atoms with E-state index in [0.29, 0.717) is 13.1 Å². The molecule has 1 aromatic rings. The third-order valence-electron chi connectivity index (χ3n) is 2.34. The van der Waals surface area contributed by atoms with E-state index >= 15 is 0 Å². The first-order chi connectivity index (χ1) is 7.63. The fourth-order valence-corrected chi connectivity index (χ4v) is 1.46. The van der Waals surface area contributed by atoms with Crippen molar-refractivity contribution in [1.29, 1.82) is 0 Å². The molecule has 1 unspecified atom stereocenters. The van der Waals surface area contributed by atoms with E-state index in [-0.39, 0.29) is 11.9 Å². The lowest BCUT2D eigenvalue weighted by atomic mass is 10.2. The molecule has 0 aromatic carbocycles. The molecule has 1 amide bonds. The molecule has 1 rings (SSSR count). The highest BCUT2D eigenvalue weighted by atomic mass is 16.2. The molecule has 0 bridgehead atoms. The Labute approximate surface area is 96.0 Å². The summed E-state index contributed by atoms with van der Waals surface area (Å²) in [6.45, 7) is 5.24. The molecule has 0 aliphatic heterocycles. The van der Waals surface area contributed by atoms with Gasteiger partial charge in [0.1, 0.15) is 0 Å². The Hall–Kier alpha value is -1.36. The highest BCUT2D eigenvalue weighted by Crippen LogP contribution is 1.94. The standard InChI is InChI=1S/C11H20N4O/c1-3-4-10(12)11(16)13-5-6-15-8-9(2)7-14-15/h7-8,10H,3-6,12H2,1-2H3,(H,13,16). The lowest BCUT2D eigenvalue weighted by molar-refractivity contribution is -0.122. The van der Waals surface area contributed by atoms with Crippen molar-refractivity contribution in [2.75, 3.05) is 6.54 Å². The summed E-state index contributed by atoms with van der Waals surface area (Å²) in [5, 5.41) is 6.93. The smallest absolute Gasteiger partial charge is 0.236 e. The third kappa shape index (κ3) is 4.02. The summed E-state index contributed by atoms with van der Waals surface area (Å²) < 4.78 is 1.81. The van der Waals surface area contributed by atoms with E-state index in [1.807, 2.05) is 20.0 Å². The van der Waals surface area contributed by atoms with Crippen LogP contribution < -0.4 is 11.1 Å². The average molecular weight is 224 g/mol. The number of hydrogen-bond acceptors (Lipinski definition) is 3. The van der Waals surface area contributed by atoms with Gasteiger partial charge in [0, 0.05) is 12.7 Å². The second kappa shape index (κ2) is 6.27. The Bertz CT molecular complexity index is 334. The second-order valence-electron chi connectivity index (χ2n) is 3.97.